The van der Waals surface area contributed by atoms with Crippen molar-refractivity contribution in [3.63, 3.8) is 0 Å². The summed E-state index contributed by atoms with van der Waals surface area (Å²) in [4.78, 5) is 11.6. The number of carbonyl (C=O) groups excluding carboxylic acids is 1. The van der Waals surface area contributed by atoms with E-state index in [1.807, 2.05) is 6.92 Å². The SMILES string of the molecule is CCCNC(=O)c1ccc(OC(C)C)c(S(N)(=O)=O)c1. The molecule has 1 rings (SSSR count). The summed E-state index contributed by atoms with van der Waals surface area (Å²) >= 11 is 0. The van der Waals surface area contributed by atoms with E-state index in [0.717, 1.165) is 6.42 Å². The molecule has 1 aromatic rings. The molecule has 6 nitrogen and oxygen atoms in total. The van der Waals surface area contributed by atoms with Crippen LogP contribution in [-0.4, -0.2) is 27.0 Å². The molecule has 7 heteroatoms. The number of benzene rings is 1. The summed E-state index contributed by atoms with van der Waals surface area (Å²) in [6, 6.07) is 4.19. The Morgan fingerprint density at radius 2 is 2.05 bits per heavy atom. The number of primary sulfonamides is 1. The molecule has 0 saturated heterocycles. The van der Waals surface area contributed by atoms with Crippen LogP contribution in [0.3, 0.4) is 0 Å². The Morgan fingerprint density at radius 1 is 1.40 bits per heavy atom. The minimum atomic E-state index is -3.96. The maximum absolute atomic E-state index is 11.8. The van der Waals surface area contributed by atoms with Crippen LogP contribution in [0.15, 0.2) is 23.1 Å². The van der Waals surface area contributed by atoms with Gasteiger partial charge in [0.2, 0.25) is 10.0 Å². The van der Waals surface area contributed by atoms with Crippen molar-refractivity contribution < 1.29 is 17.9 Å². The molecular formula is C13H20N2O4S. The van der Waals surface area contributed by atoms with Crippen LogP contribution in [0.25, 0.3) is 0 Å². The number of hydrogen-bond acceptors (Lipinski definition) is 4. The van der Waals surface area contributed by atoms with Crippen LogP contribution in [0.5, 0.6) is 5.75 Å². The zero-order valence-electron chi connectivity index (χ0n) is 11.8. The van der Waals surface area contributed by atoms with Crippen molar-refractivity contribution in [2.75, 3.05) is 6.54 Å². The summed E-state index contributed by atoms with van der Waals surface area (Å²) in [5.41, 5.74) is 0.235. The molecule has 0 spiro atoms. The van der Waals surface area contributed by atoms with Gasteiger partial charge in [-0.2, -0.15) is 0 Å². The predicted octanol–water partition coefficient (Wildman–Crippen LogP) is 1.26. The largest absolute Gasteiger partial charge is 0.490 e. The lowest BCUT2D eigenvalue weighted by atomic mass is 10.2. The normalized spacial score (nSPS) is 11.4. The molecule has 0 aliphatic rings. The standard InChI is InChI=1S/C13H20N2O4S/c1-4-7-15-13(16)10-5-6-11(19-9(2)3)12(8-10)20(14,17)18/h5-6,8-9H,4,7H2,1-3H3,(H,15,16)(H2,14,17,18). The highest BCUT2D eigenvalue weighted by molar-refractivity contribution is 7.89. The highest BCUT2D eigenvalue weighted by Gasteiger charge is 2.19. The monoisotopic (exact) mass is 300 g/mol. The molecular weight excluding hydrogens is 280 g/mol. The number of amides is 1. The summed E-state index contributed by atoms with van der Waals surface area (Å²) in [6.07, 6.45) is 0.595. The number of rotatable bonds is 6. The minimum absolute atomic E-state index is 0.148. The van der Waals surface area contributed by atoms with Gasteiger partial charge in [-0.15, -0.1) is 0 Å². The first-order chi connectivity index (χ1) is 9.25. The lowest BCUT2D eigenvalue weighted by Gasteiger charge is -2.14. The Bertz CT molecular complexity index is 582. The molecule has 0 bridgehead atoms. The molecule has 0 fully saturated rings. The lowest BCUT2D eigenvalue weighted by Crippen LogP contribution is -2.25. The fourth-order valence-corrected chi connectivity index (χ4v) is 2.25. The van der Waals surface area contributed by atoms with Crippen LogP contribution in [-0.2, 0) is 10.0 Å². The van der Waals surface area contributed by atoms with Gasteiger partial charge in [0.25, 0.3) is 5.91 Å². The first-order valence-corrected chi connectivity index (χ1v) is 7.92. The average molecular weight is 300 g/mol. The van der Waals surface area contributed by atoms with Gasteiger partial charge in [-0.1, -0.05) is 6.92 Å². The molecule has 112 valence electrons. The molecule has 20 heavy (non-hydrogen) atoms. The van der Waals surface area contributed by atoms with Crippen LogP contribution in [0.2, 0.25) is 0 Å². The van der Waals surface area contributed by atoms with E-state index < -0.39 is 10.0 Å². The predicted molar refractivity (Wildman–Crippen MR) is 76.2 cm³/mol. The highest BCUT2D eigenvalue weighted by atomic mass is 32.2. The van der Waals surface area contributed by atoms with Crippen molar-refractivity contribution in [2.45, 2.75) is 38.2 Å². The fourth-order valence-electron chi connectivity index (χ4n) is 1.56. The Morgan fingerprint density at radius 3 is 2.55 bits per heavy atom. The second kappa shape index (κ2) is 6.71. The molecule has 0 atom stereocenters. The van der Waals surface area contributed by atoms with Crippen LogP contribution >= 0.6 is 0 Å². The number of nitrogens with one attached hydrogen (secondary N) is 1. The highest BCUT2D eigenvalue weighted by Crippen LogP contribution is 2.25. The van der Waals surface area contributed by atoms with E-state index in [4.69, 9.17) is 9.88 Å². The summed E-state index contributed by atoms with van der Waals surface area (Å²) in [7, 11) is -3.96. The first kappa shape index (κ1) is 16.5. The van der Waals surface area contributed by atoms with Gasteiger partial charge in [0, 0.05) is 12.1 Å². The number of nitrogens with two attached hydrogens (primary N) is 1. The number of sulfonamides is 1. The molecule has 0 heterocycles. The Hall–Kier alpha value is -1.60. The van der Waals surface area contributed by atoms with E-state index in [0.29, 0.717) is 6.54 Å². The van der Waals surface area contributed by atoms with Gasteiger partial charge < -0.3 is 10.1 Å². The maximum Gasteiger partial charge on any atom is 0.251 e. The summed E-state index contributed by atoms with van der Waals surface area (Å²) in [6.45, 7) is 5.99. The van der Waals surface area contributed by atoms with E-state index >= 15 is 0 Å². The Balaban J connectivity index is 3.18. The second-order valence-corrected chi connectivity index (χ2v) is 6.16. The van der Waals surface area contributed by atoms with Crippen molar-refractivity contribution in [3.8, 4) is 5.75 Å². The number of ether oxygens (including phenoxy) is 1. The van der Waals surface area contributed by atoms with Gasteiger partial charge in [-0.05, 0) is 38.5 Å². The Kier molecular flexibility index (Phi) is 5.52. The second-order valence-electron chi connectivity index (χ2n) is 4.63. The van der Waals surface area contributed by atoms with Crippen LogP contribution in [0.1, 0.15) is 37.6 Å². The molecule has 0 aliphatic heterocycles. The van der Waals surface area contributed by atoms with Crippen molar-refractivity contribution in [1.82, 2.24) is 5.32 Å². The fraction of sp³-hybridized carbons (Fsp3) is 0.462. The molecule has 0 radical (unpaired) electrons. The average Bonchev–Trinajstić information content (AvgIpc) is 2.34. The van der Waals surface area contributed by atoms with E-state index in [1.165, 1.54) is 18.2 Å². The summed E-state index contributed by atoms with van der Waals surface area (Å²) < 4.78 is 28.6. The molecule has 1 amide bonds. The third-order valence-electron chi connectivity index (χ3n) is 2.41. The van der Waals surface area contributed by atoms with E-state index in [-0.39, 0.29) is 28.2 Å². The topological polar surface area (TPSA) is 98.5 Å². The van der Waals surface area contributed by atoms with Gasteiger partial charge in [0.05, 0.1) is 6.10 Å². The number of hydrogen-bond donors (Lipinski definition) is 2. The summed E-state index contributed by atoms with van der Waals surface area (Å²) in [5.74, 6) is -0.192. The molecule has 0 saturated carbocycles. The third-order valence-corrected chi connectivity index (χ3v) is 3.34. The third kappa shape index (κ3) is 4.50. The van der Waals surface area contributed by atoms with Crippen molar-refractivity contribution in [2.24, 2.45) is 5.14 Å². The van der Waals surface area contributed by atoms with Crippen LogP contribution in [0, 0.1) is 0 Å². The van der Waals surface area contributed by atoms with Gasteiger partial charge >= 0.3 is 0 Å². The van der Waals surface area contributed by atoms with Crippen molar-refractivity contribution >= 4 is 15.9 Å². The van der Waals surface area contributed by atoms with Gasteiger partial charge in [-0.25, -0.2) is 13.6 Å². The van der Waals surface area contributed by atoms with Gasteiger partial charge in [0.15, 0.2) is 0 Å². The van der Waals surface area contributed by atoms with E-state index in [2.05, 4.69) is 5.32 Å². The molecule has 0 aromatic heterocycles. The lowest BCUT2D eigenvalue weighted by molar-refractivity contribution is 0.0953. The number of carbonyl (C=O) groups is 1. The van der Waals surface area contributed by atoms with Crippen molar-refractivity contribution in [3.05, 3.63) is 23.8 Å². The maximum atomic E-state index is 11.8. The Labute approximate surface area is 119 Å². The quantitative estimate of drug-likeness (QED) is 0.826. The molecule has 0 aliphatic carbocycles. The van der Waals surface area contributed by atoms with Crippen LogP contribution < -0.4 is 15.2 Å². The molecule has 1 aromatic carbocycles. The van der Waals surface area contributed by atoms with Crippen molar-refractivity contribution in [1.29, 1.82) is 0 Å². The molecule has 3 N–H and O–H groups in total. The van der Waals surface area contributed by atoms with E-state index in [9.17, 15) is 13.2 Å². The first-order valence-electron chi connectivity index (χ1n) is 6.37. The van der Waals surface area contributed by atoms with E-state index in [1.54, 1.807) is 13.8 Å². The zero-order valence-corrected chi connectivity index (χ0v) is 12.7. The zero-order chi connectivity index (χ0) is 15.3. The minimum Gasteiger partial charge on any atom is -0.490 e. The molecule has 0 unspecified atom stereocenters. The van der Waals surface area contributed by atoms with Crippen LogP contribution in [0.4, 0.5) is 0 Å². The smallest absolute Gasteiger partial charge is 0.251 e. The van der Waals surface area contributed by atoms with Gasteiger partial charge in [-0.3, -0.25) is 4.79 Å². The van der Waals surface area contributed by atoms with Gasteiger partial charge in [0.1, 0.15) is 10.6 Å². The summed E-state index contributed by atoms with van der Waals surface area (Å²) in [5, 5.41) is 7.84.